The van der Waals surface area contributed by atoms with E-state index < -0.39 is 5.97 Å². The summed E-state index contributed by atoms with van der Waals surface area (Å²) in [5.41, 5.74) is 2.71. The first-order chi connectivity index (χ1) is 12.5. The van der Waals surface area contributed by atoms with E-state index in [9.17, 15) is 9.59 Å². The summed E-state index contributed by atoms with van der Waals surface area (Å²) in [7, 11) is 0. The highest BCUT2D eigenvalue weighted by Crippen LogP contribution is 2.22. The number of halogens is 2. The number of ether oxygens (including phenoxy) is 1. The second-order valence-electron chi connectivity index (χ2n) is 5.57. The molecule has 0 aliphatic rings. The molecule has 0 heterocycles. The molecule has 0 spiro atoms. The lowest BCUT2D eigenvalue weighted by Crippen LogP contribution is -2.14. The molecule has 0 aliphatic carbocycles. The van der Waals surface area contributed by atoms with Crippen molar-refractivity contribution < 1.29 is 14.3 Å². The van der Waals surface area contributed by atoms with Gasteiger partial charge in [0.15, 0.2) is 12.4 Å². The Morgan fingerprint density at radius 3 is 2.12 bits per heavy atom. The summed E-state index contributed by atoms with van der Waals surface area (Å²) in [6, 6.07) is 21.4. The minimum absolute atomic E-state index is 0.170. The quantitative estimate of drug-likeness (QED) is 0.418. The molecule has 0 amide bonds. The van der Waals surface area contributed by atoms with E-state index in [1.165, 1.54) is 18.2 Å². The molecule has 0 atom stereocenters. The van der Waals surface area contributed by atoms with Gasteiger partial charge >= 0.3 is 5.97 Å². The van der Waals surface area contributed by atoms with Gasteiger partial charge in [-0.05, 0) is 29.3 Å². The molecule has 26 heavy (non-hydrogen) atoms. The fraction of sp³-hybridized carbons (Fsp3) is 0.0476. The molecule has 0 saturated heterocycles. The number of Topliss-reactive ketones (excluding diaryl/α,β-unsaturated/α-hetero) is 1. The summed E-state index contributed by atoms with van der Waals surface area (Å²) in [5.74, 6) is -0.955. The summed E-state index contributed by atoms with van der Waals surface area (Å²) in [5, 5.41) is 0.600. The predicted octanol–water partition coefficient (Wildman–Crippen LogP) is 5.70. The topological polar surface area (TPSA) is 43.4 Å². The third-order valence-electron chi connectivity index (χ3n) is 3.80. The molecule has 130 valence electrons. The average Bonchev–Trinajstić information content (AvgIpc) is 2.66. The molecule has 0 bridgehead atoms. The molecule has 0 saturated carbocycles. The fourth-order valence-corrected chi connectivity index (χ4v) is 2.91. The predicted molar refractivity (Wildman–Crippen MR) is 103 cm³/mol. The van der Waals surface area contributed by atoms with Gasteiger partial charge in [0, 0.05) is 10.6 Å². The van der Waals surface area contributed by atoms with Crippen molar-refractivity contribution in [2.24, 2.45) is 0 Å². The number of ketones is 1. The maximum Gasteiger partial charge on any atom is 0.340 e. The monoisotopic (exact) mass is 384 g/mol. The summed E-state index contributed by atoms with van der Waals surface area (Å²) < 4.78 is 5.06. The highest BCUT2D eigenvalue weighted by Gasteiger charge is 2.15. The first-order valence-electron chi connectivity index (χ1n) is 7.85. The Labute approximate surface area is 161 Å². The Morgan fingerprint density at radius 2 is 1.46 bits per heavy atom. The van der Waals surface area contributed by atoms with Crippen LogP contribution in [0.15, 0.2) is 72.8 Å². The fourth-order valence-electron chi connectivity index (χ4n) is 2.43. The van der Waals surface area contributed by atoms with Crippen molar-refractivity contribution in [2.45, 2.75) is 0 Å². The van der Waals surface area contributed by atoms with Gasteiger partial charge in [-0.25, -0.2) is 4.79 Å². The van der Waals surface area contributed by atoms with Crippen LogP contribution in [0, 0.1) is 0 Å². The Hall–Kier alpha value is -2.62. The first kappa shape index (κ1) is 18.2. The summed E-state index contributed by atoms with van der Waals surface area (Å²) in [6.45, 7) is -0.359. The lowest BCUT2D eigenvalue weighted by atomic mass is 10.0. The second kappa shape index (κ2) is 8.17. The minimum Gasteiger partial charge on any atom is -0.454 e. The van der Waals surface area contributed by atoms with Gasteiger partial charge in [-0.15, -0.1) is 0 Å². The molecular weight excluding hydrogens is 371 g/mol. The lowest BCUT2D eigenvalue weighted by molar-refractivity contribution is 0.0475. The standard InChI is InChI=1S/C21H14Cl2O3/c22-17-10-11-18(19(23)12-17)21(25)26-13-20(24)16-8-6-15(7-9-16)14-4-2-1-3-5-14/h1-12H,13H2. The number of esters is 1. The van der Waals surface area contributed by atoms with Crippen molar-refractivity contribution in [1.29, 1.82) is 0 Å². The largest absolute Gasteiger partial charge is 0.454 e. The summed E-state index contributed by atoms with van der Waals surface area (Å²) in [6.07, 6.45) is 0. The van der Waals surface area contributed by atoms with Crippen molar-refractivity contribution in [3.63, 3.8) is 0 Å². The van der Waals surface area contributed by atoms with Crippen LogP contribution in [0.3, 0.4) is 0 Å². The second-order valence-corrected chi connectivity index (χ2v) is 6.41. The van der Waals surface area contributed by atoms with E-state index in [1.54, 1.807) is 12.1 Å². The van der Waals surface area contributed by atoms with Gasteiger partial charge in [-0.3, -0.25) is 4.79 Å². The van der Waals surface area contributed by atoms with E-state index >= 15 is 0 Å². The Balaban J connectivity index is 1.64. The molecule has 0 fully saturated rings. The van der Waals surface area contributed by atoms with E-state index in [-0.39, 0.29) is 23.0 Å². The van der Waals surface area contributed by atoms with E-state index in [0.29, 0.717) is 10.6 Å². The highest BCUT2D eigenvalue weighted by atomic mass is 35.5. The van der Waals surface area contributed by atoms with Crippen LogP contribution in [0.1, 0.15) is 20.7 Å². The smallest absolute Gasteiger partial charge is 0.340 e. The Morgan fingerprint density at radius 1 is 0.808 bits per heavy atom. The molecule has 0 aromatic heterocycles. The zero-order chi connectivity index (χ0) is 18.5. The zero-order valence-corrected chi connectivity index (χ0v) is 15.1. The first-order valence-corrected chi connectivity index (χ1v) is 8.61. The Bertz CT molecular complexity index is 935. The molecule has 0 aliphatic heterocycles. The van der Waals surface area contributed by atoms with Gasteiger partial charge in [0.1, 0.15) is 0 Å². The van der Waals surface area contributed by atoms with Crippen molar-refractivity contribution >= 4 is 35.0 Å². The molecule has 0 radical (unpaired) electrons. The third kappa shape index (κ3) is 4.31. The lowest BCUT2D eigenvalue weighted by Gasteiger charge is -2.07. The van der Waals surface area contributed by atoms with Crippen molar-refractivity contribution in [3.05, 3.63) is 94.0 Å². The van der Waals surface area contributed by atoms with Gasteiger partial charge in [0.2, 0.25) is 0 Å². The van der Waals surface area contributed by atoms with E-state index in [2.05, 4.69) is 0 Å². The van der Waals surface area contributed by atoms with E-state index in [4.69, 9.17) is 27.9 Å². The maximum atomic E-state index is 12.2. The van der Waals surface area contributed by atoms with Crippen LogP contribution < -0.4 is 0 Å². The van der Waals surface area contributed by atoms with Crippen LogP contribution >= 0.6 is 23.2 Å². The number of hydrogen-bond acceptors (Lipinski definition) is 3. The highest BCUT2D eigenvalue weighted by molar-refractivity contribution is 6.36. The van der Waals surface area contributed by atoms with Crippen molar-refractivity contribution in [1.82, 2.24) is 0 Å². The van der Waals surface area contributed by atoms with Crippen LogP contribution in [0.4, 0.5) is 0 Å². The Kier molecular flexibility index (Phi) is 5.71. The number of rotatable bonds is 5. The maximum absolute atomic E-state index is 12.2. The molecular formula is C21H14Cl2O3. The minimum atomic E-state index is -0.666. The summed E-state index contributed by atoms with van der Waals surface area (Å²) in [4.78, 5) is 24.3. The molecule has 0 unspecified atom stereocenters. The van der Waals surface area contributed by atoms with Crippen LogP contribution in [0.2, 0.25) is 10.0 Å². The van der Waals surface area contributed by atoms with Gasteiger partial charge in [0.25, 0.3) is 0 Å². The summed E-state index contributed by atoms with van der Waals surface area (Å²) >= 11 is 11.8. The van der Waals surface area contributed by atoms with E-state index in [0.717, 1.165) is 11.1 Å². The molecule has 5 heteroatoms. The van der Waals surface area contributed by atoms with Gasteiger partial charge < -0.3 is 4.74 Å². The van der Waals surface area contributed by atoms with Gasteiger partial charge in [-0.1, -0.05) is 77.8 Å². The molecule has 3 rings (SSSR count). The van der Waals surface area contributed by atoms with Crippen LogP contribution in [0.25, 0.3) is 11.1 Å². The number of carbonyl (C=O) groups excluding carboxylic acids is 2. The zero-order valence-electron chi connectivity index (χ0n) is 13.6. The van der Waals surface area contributed by atoms with Gasteiger partial charge in [-0.2, -0.15) is 0 Å². The molecule has 3 aromatic rings. The van der Waals surface area contributed by atoms with Crippen molar-refractivity contribution in [3.8, 4) is 11.1 Å². The number of hydrogen-bond donors (Lipinski definition) is 0. The number of carbonyl (C=O) groups is 2. The van der Waals surface area contributed by atoms with Crippen molar-refractivity contribution in [2.75, 3.05) is 6.61 Å². The van der Waals surface area contributed by atoms with Crippen LogP contribution in [-0.2, 0) is 4.74 Å². The van der Waals surface area contributed by atoms with E-state index in [1.807, 2.05) is 42.5 Å². The third-order valence-corrected chi connectivity index (χ3v) is 4.35. The van der Waals surface area contributed by atoms with Gasteiger partial charge in [0.05, 0.1) is 10.6 Å². The number of benzene rings is 3. The molecule has 3 aromatic carbocycles. The van der Waals surface area contributed by atoms with Crippen LogP contribution in [0.5, 0.6) is 0 Å². The molecule has 0 N–H and O–H groups in total. The molecule has 3 nitrogen and oxygen atoms in total. The SMILES string of the molecule is O=C(COC(=O)c1ccc(Cl)cc1Cl)c1ccc(-c2ccccc2)cc1. The van der Waals surface area contributed by atoms with Crippen LogP contribution in [-0.4, -0.2) is 18.4 Å². The normalized spacial score (nSPS) is 10.4. The average molecular weight is 385 g/mol.